The molecule has 0 bridgehead atoms. The van der Waals surface area contributed by atoms with Crippen LogP contribution in [0.15, 0.2) is 24.3 Å². The topological polar surface area (TPSA) is 32.7 Å². The number of aliphatic hydroxyl groups excluding tert-OH is 1. The van der Waals surface area contributed by atoms with Gasteiger partial charge in [-0.15, -0.1) is 13.2 Å². The maximum absolute atomic E-state index is 12.2. The Morgan fingerprint density at radius 3 is 2.48 bits per heavy atom. The zero-order valence-corrected chi connectivity index (χ0v) is 13.0. The van der Waals surface area contributed by atoms with Crippen LogP contribution >= 0.6 is 0 Å². The van der Waals surface area contributed by atoms with E-state index in [0.29, 0.717) is 6.54 Å². The van der Waals surface area contributed by atoms with Crippen molar-refractivity contribution < 1.29 is 23.0 Å². The highest BCUT2D eigenvalue weighted by atomic mass is 19.4. The summed E-state index contributed by atoms with van der Waals surface area (Å²) in [7, 11) is 0. The molecule has 1 saturated heterocycles. The number of hydrogen-bond acceptors (Lipinski definition) is 3. The van der Waals surface area contributed by atoms with Gasteiger partial charge in [0.2, 0.25) is 0 Å². The van der Waals surface area contributed by atoms with Crippen molar-refractivity contribution in [1.82, 2.24) is 4.90 Å². The maximum atomic E-state index is 12.2. The zero-order valence-electron chi connectivity index (χ0n) is 13.0. The Labute approximate surface area is 134 Å². The molecule has 3 rings (SSSR count). The van der Waals surface area contributed by atoms with E-state index in [4.69, 9.17) is 0 Å². The molecule has 3 nitrogen and oxygen atoms in total. The number of halogens is 3. The standard InChI is InChI=1S/C17H22F3NO2/c18-17(19,20)23-14-6-4-13(5-7-14)11-21-10-2-9-16(12-21)8-1-3-15(16)22/h4-7,15,22H,1-3,8-12H2/t15-,16-/m1/s1. The third-order valence-electron chi connectivity index (χ3n) is 5.11. The lowest BCUT2D eigenvalue weighted by Crippen LogP contribution is -2.46. The highest BCUT2D eigenvalue weighted by molar-refractivity contribution is 5.27. The first-order valence-electron chi connectivity index (χ1n) is 8.11. The van der Waals surface area contributed by atoms with Gasteiger partial charge in [0.25, 0.3) is 0 Å². The Balaban J connectivity index is 1.61. The van der Waals surface area contributed by atoms with Crippen LogP contribution in [0.25, 0.3) is 0 Å². The van der Waals surface area contributed by atoms with Crippen LogP contribution < -0.4 is 4.74 Å². The van der Waals surface area contributed by atoms with Crippen LogP contribution in [-0.2, 0) is 6.54 Å². The number of aliphatic hydroxyl groups is 1. The van der Waals surface area contributed by atoms with E-state index in [9.17, 15) is 18.3 Å². The SMILES string of the molecule is O[C@@H]1CCC[C@]12CCCN(Cc1ccc(OC(F)(F)F)cc1)C2. The molecule has 23 heavy (non-hydrogen) atoms. The molecule has 0 unspecified atom stereocenters. The molecule has 6 heteroatoms. The fourth-order valence-corrected chi connectivity index (χ4v) is 4.04. The molecule has 1 spiro atoms. The van der Waals surface area contributed by atoms with E-state index >= 15 is 0 Å². The first-order valence-corrected chi connectivity index (χ1v) is 8.11. The van der Waals surface area contributed by atoms with E-state index in [1.807, 2.05) is 0 Å². The molecule has 1 aliphatic carbocycles. The van der Waals surface area contributed by atoms with Crippen molar-refractivity contribution in [2.24, 2.45) is 5.41 Å². The average Bonchev–Trinajstić information content (AvgIpc) is 2.80. The predicted octanol–water partition coefficient (Wildman–Crippen LogP) is 3.71. The molecule has 2 fully saturated rings. The number of piperidine rings is 1. The summed E-state index contributed by atoms with van der Waals surface area (Å²) in [5, 5.41) is 10.3. The second-order valence-electron chi connectivity index (χ2n) is 6.78. The highest BCUT2D eigenvalue weighted by Crippen LogP contribution is 2.45. The molecular weight excluding hydrogens is 307 g/mol. The number of rotatable bonds is 3. The van der Waals surface area contributed by atoms with Gasteiger partial charge in [-0.1, -0.05) is 18.6 Å². The predicted molar refractivity (Wildman–Crippen MR) is 79.9 cm³/mol. The van der Waals surface area contributed by atoms with Crippen LogP contribution in [-0.4, -0.2) is 35.6 Å². The minimum atomic E-state index is -4.65. The molecule has 1 aliphatic heterocycles. The summed E-state index contributed by atoms with van der Waals surface area (Å²) in [6.07, 6.45) is 0.306. The van der Waals surface area contributed by atoms with Crippen molar-refractivity contribution in [2.75, 3.05) is 13.1 Å². The molecule has 2 aliphatic rings. The number of nitrogens with zero attached hydrogens (tertiary/aromatic N) is 1. The fraction of sp³-hybridized carbons (Fsp3) is 0.647. The maximum Gasteiger partial charge on any atom is 0.573 e. The first kappa shape index (κ1) is 16.6. The lowest BCUT2D eigenvalue weighted by Gasteiger charge is -2.42. The van der Waals surface area contributed by atoms with Crippen LogP contribution in [0.3, 0.4) is 0 Å². The van der Waals surface area contributed by atoms with Crippen molar-refractivity contribution in [3.63, 3.8) is 0 Å². The third kappa shape index (κ3) is 3.98. The molecule has 1 N–H and O–H groups in total. The number of hydrogen-bond donors (Lipinski definition) is 1. The van der Waals surface area contributed by atoms with Crippen LogP contribution in [0.4, 0.5) is 13.2 Å². The summed E-state index contributed by atoms with van der Waals surface area (Å²) < 4.78 is 40.4. The smallest absolute Gasteiger partial charge is 0.406 e. The van der Waals surface area contributed by atoms with Crippen molar-refractivity contribution in [3.05, 3.63) is 29.8 Å². The Kier molecular flexibility index (Phi) is 4.56. The molecule has 1 saturated carbocycles. The van der Waals surface area contributed by atoms with E-state index in [2.05, 4.69) is 9.64 Å². The molecule has 0 amide bonds. The summed E-state index contributed by atoms with van der Waals surface area (Å²) in [6.45, 7) is 2.53. The minimum absolute atomic E-state index is 0.0254. The van der Waals surface area contributed by atoms with Gasteiger partial charge in [0.1, 0.15) is 5.75 Å². The van der Waals surface area contributed by atoms with Gasteiger partial charge in [-0.3, -0.25) is 4.90 Å². The van der Waals surface area contributed by atoms with E-state index in [1.54, 1.807) is 12.1 Å². The van der Waals surface area contributed by atoms with Gasteiger partial charge in [0, 0.05) is 18.5 Å². The Morgan fingerprint density at radius 2 is 1.87 bits per heavy atom. The van der Waals surface area contributed by atoms with Crippen LogP contribution in [0, 0.1) is 5.41 Å². The average molecular weight is 329 g/mol. The van der Waals surface area contributed by atoms with Crippen molar-refractivity contribution in [3.8, 4) is 5.75 Å². The van der Waals surface area contributed by atoms with E-state index in [-0.39, 0.29) is 17.3 Å². The second kappa shape index (κ2) is 6.32. The van der Waals surface area contributed by atoms with E-state index < -0.39 is 6.36 Å². The van der Waals surface area contributed by atoms with Gasteiger partial charge in [-0.25, -0.2) is 0 Å². The number of benzene rings is 1. The normalized spacial score (nSPS) is 29.1. The van der Waals surface area contributed by atoms with Gasteiger partial charge in [0.05, 0.1) is 6.10 Å². The molecule has 0 radical (unpaired) electrons. The van der Waals surface area contributed by atoms with Crippen LogP contribution in [0.2, 0.25) is 0 Å². The third-order valence-corrected chi connectivity index (χ3v) is 5.11. The van der Waals surface area contributed by atoms with E-state index in [0.717, 1.165) is 50.8 Å². The molecule has 1 aromatic carbocycles. The van der Waals surface area contributed by atoms with Crippen molar-refractivity contribution in [1.29, 1.82) is 0 Å². The summed E-state index contributed by atoms with van der Waals surface area (Å²) in [4.78, 5) is 2.30. The summed E-state index contributed by atoms with van der Waals surface area (Å²) in [5.41, 5.74) is 0.987. The van der Waals surface area contributed by atoms with Crippen LogP contribution in [0.1, 0.15) is 37.7 Å². The van der Waals surface area contributed by atoms with Crippen molar-refractivity contribution >= 4 is 0 Å². The molecule has 1 heterocycles. The number of ether oxygens (including phenoxy) is 1. The van der Waals surface area contributed by atoms with Gasteiger partial charge >= 0.3 is 6.36 Å². The van der Waals surface area contributed by atoms with Crippen LogP contribution in [0.5, 0.6) is 5.75 Å². The first-order chi connectivity index (χ1) is 10.9. The van der Waals surface area contributed by atoms with Gasteiger partial charge in [-0.2, -0.15) is 0 Å². The zero-order chi connectivity index (χ0) is 16.5. The summed E-state index contributed by atoms with van der Waals surface area (Å²) in [6, 6.07) is 6.06. The van der Waals surface area contributed by atoms with Gasteiger partial charge in [0.15, 0.2) is 0 Å². The van der Waals surface area contributed by atoms with E-state index in [1.165, 1.54) is 12.1 Å². The molecule has 128 valence electrons. The van der Waals surface area contributed by atoms with Gasteiger partial charge < -0.3 is 9.84 Å². The van der Waals surface area contributed by atoms with Gasteiger partial charge in [-0.05, 0) is 49.9 Å². The molecule has 0 aromatic heterocycles. The summed E-state index contributed by atoms with van der Waals surface area (Å²) in [5.74, 6) is -0.192. The molecular formula is C17H22F3NO2. The quantitative estimate of drug-likeness (QED) is 0.917. The highest BCUT2D eigenvalue weighted by Gasteiger charge is 2.44. The lowest BCUT2D eigenvalue weighted by atomic mass is 9.76. The summed E-state index contributed by atoms with van der Waals surface area (Å²) >= 11 is 0. The monoisotopic (exact) mass is 329 g/mol. The lowest BCUT2D eigenvalue weighted by molar-refractivity contribution is -0.274. The molecule has 1 aromatic rings. The minimum Gasteiger partial charge on any atom is -0.406 e. The fourth-order valence-electron chi connectivity index (χ4n) is 4.04. The Bertz CT molecular complexity index is 532. The number of likely N-dealkylation sites (tertiary alicyclic amines) is 1. The second-order valence-corrected chi connectivity index (χ2v) is 6.78. The Morgan fingerprint density at radius 1 is 1.17 bits per heavy atom. The largest absolute Gasteiger partial charge is 0.573 e. The Hall–Kier alpha value is -1.27. The molecule has 2 atom stereocenters. The van der Waals surface area contributed by atoms with Crippen molar-refractivity contribution in [2.45, 2.75) is 51.1 Å². The number of alkyl halides is 3.